The van der Waals surface area contributed by atoms with Crippen LogP contribution in [0.2, 0.25) is 0 Å². The zero-order valence-electron chi connectivity index (χ0n) is 38.2. The summed E-state index contributed by atoms with van der Waals surface area (Å²) in [6.07, 6.45) is -1.98. The zero-order valence-corrected chi connectivity index (χ0v) is 38.2. The molecule has 1 N–H and O–H groups in total. The van der Waals surface area contributed by atoms with Crippen LogP contribution in [0, 0.1) is 23.7 Å². The number of ether oxygens (including phenoxy) is 7. The Labute approximate surface area is 356 Å². The Morgan fingerprint density at radius 3 is 1.98 bits per heavy atom. The van der Waals surface area contributed by atoms with Gasteiger partial charge in [-0.15, -0.1) is 0 Å². The van der Waals surface area contributed by atoms with Crippen LogP contribution in [-0.2, 0) is 63.6 Å². The molecule has 0 spiro atoms. The lowest BCUT2D eigenvalue weighted by molar-refractivity contribution is -0.346. The molecule has 10 atom stereocenters. The molecule has 2 aliphatic heterocycles. The van der Waals surface area contributed by atoms with Gasteiger partial charge in [0.15, 0.2) is 12.2 Å². The summed E-state index contributed by atoms with van der Waals surface area (Å²) in [5.41, 5.74) is -4.77. The first-order valence-corrected chi connectivity index (χ1v) is 21.1. The zero-order chi connectivity index (χ0) is 45.6. The second-order valence-electron chi connectivity index (χ2n) is 19.5. The molecule has 2 saturated heterocycles. The Balaban J connectivity index is 2.26. The lowest BCUT2D eigenvalue weighted by Crippen LogP contribution is -2.68. The Hall–Kier alpha value is -4.07. The molecule has 336 valence electrons. The van der Waals surface area contributed by atoms with Crippen molar-refractivity contribution >= 4 is 29.8 Å². The molecule has 0 amide bonds. The number of allylic oxidation sites excluding steroid dienone is 1. The van der Waals surface area contributed by atoms with Crippen LogP contribution >= 0.6 is 0 Å². The number of hydrogen-bond acceptors (Lipinski definition) is 13. The average molecular weight is 843 g/mol. The van der Waals surface area contributed by atoms with E-state index in [1.54, 1.807) is 68.4 Å². The number of aliphatic hydroxyl groups is 1. The number of esters is 5. The van der Waals surface area contributed by atoms with Crippen LogP contribution in [-0.4, -0.2) is 87.6 Å². The van der Waals surface area contributed by atoms with E-state index in [1.165, 1.54) is 13.0 Å². The number of aliphatic hydroxyl groups excluding tert-OH is 1. The van der Waals surface area contributed by atoms with E-state index < -0.39 is 88.4 Å². The highest BCUT2D eigenvalue weighted by atomic mass is 16.8. The number of carbonyl (C=O) groups excluding carboxylic acids is 5. The van der Waals surface area contributed by atoms with Crippen LogP contribution in [0.5, 0.6) is 0 Å². The number of hydrogen-bond donors (Lipinski definition) is 1. The Morgan fingerprint density at radius 1 is 0.883 bits per heavy atom. The Morgan fingerprint density at radius 2 is 1.45 bits per heavy atom. The quantitative estimate of drug-likeness (QED) is 0.0707. The van der Waals surface area contributed by atoms with Gasteiger partial charge in [0, 0.05) is 25.3 Å². The summed E-state index contributed by atoms with van der Waals surface area (Å²) in [5, 5.41) is 12.5. The van der Waals surface area contributed by atoms with Gasteiger partial charge in [0.05, 0.1) is 0 Å². The van der Waals surface area contributed by atoms with E-state index in [1.807, 2.05) is 44.2 Å². The van der Waals surface area contributed by atoms with Gasteiger partial charge in [-0.25, -0.2) is 14.4 Å². The molecular formula is C47H70O13. The summed E-state index contributed by atoms with van der Waals surface area (Å²) in [7, 11) is 0. The smallest absolute Gasteiger partial charge is 0.344 e. The van der Waals surface area contributed by atoms with Crippen LogP contribution in [0.15, 0.2) is 54.6 Å². The molecule has 0 aliphatic carbocycles. The third-order valence-electron chi connectivity index (χ3n) is 10.3. The molecule has 0 radical (unpaired) electrons. The number of fused-ring (bicyclic) bond motifs is 2. The molecule has 0 aromatic heterocycles. The molecule has 13 nitrogen and oxygen atoms in total. The first kappa shape index (κ1) is 50.3. The molecule has 60 heavy (non-hydrogen) atoms. The minimum absolute atomic E-state index is 0.0301. The molecule has 2 bridgehead atoms. The van der Waals surface area contributed by atoms with E-state index >= 15 is 0 Å². The Bertz CT molecular complexity index is 1710. The Kier molecular flexibility index (Phi) is 16.6. The SMILES string of the molecule is C=C(CC[C@]12O[C@H](C(=O)OC(C)(C)C)[C@H](C(=O)OC(C)(C)C)[C@](C(=O)OC(C)(C)C)(O1)[C@H](OC(=O)/C=C/[C@@H](C)C[C@@H](C)CC)[C@H]2O)[C@@H](OC(C)=O)[C@H](C)Cc1ccccc1. The third-order valence-corrected chi connectivity index (χ3v) is 10.3. The fourth-order valence-electron chi connectivity index (χ4n) is 7.61. The van der Waals surface area contributed by atoms with Crippen LogP contribution in [0.4, 0.5) is 0 Å². The fourth-order valence-corrected chi connectivity index (χ4v) is 7.61. The highest BCUT2D eigenvalue weighted by Gasteiger charge is 2.80. The monoisotopic (exact) mass is 842 g/mol. The molecule has 3 rings (SSSR count). The second-order valence-corrected chi connectivity index (χ2v) is 19.5. The number of carbonyl (C=O) groups is 5. The van der Waals surface area contributed by atoms with E-state index in [0.29, 0.717) is 17.9 Å². The summed E-state index contributed by atoms with van der Waals surface area (Å²) in [6, 6.07) is 9.63. The van der Waals surface area contributed by atoms with Crippen LogP contribution < -0.4 is 0 Å². The summed E-state index contributed by atoms with van der Waals surface area (Å²) in [4.78, 5) is 70.0. The van der Waals surface area contributed by atoms with Gasteiger partial charge >= 0.3 is 29.8 Å². The maximum absolute atomic E-state index is 14.9. The minimum atomic E-state index is -2.71. The highest BCUT2D eigenvalue weighted by Crippen LogP contribution is 2.55. The molecule has 13 heteroatoms. The van der Waals surface area contributed by atoms with E-state index in [0.717, 1.165) is 18.4 Å². The van der Waals surface area contributed by atoms with Gasteiger partial charge in [-0.2, -0.15) is 0 Å². The normalized spacial score (nSPS) is 26.3. The molecule has 0 unspecified atom stereocenters. The van der Waals surface area contributed by atoms with Gasteiger partial charge in [0.1, 0.15) is 34.9 Å². The molecular weight excluding hydrogens is 773 g/mol. The van der Waals surface area contributed by atoms with Gasteiger partial charge in [-0.3, -0.25) is 9.59 Å². The summed E-state index contributed by atoms with van der Waals surface area (Å²) in [6.45, 7) is 28.0. The van der Waals surface area contributed by atoms with Crippen molar-refractivity contribution < 1.29 is 62.2 Å². The first-order valence-electron chi connectivity index (χ1n) is 21.1. The van der Waals surface area contributed by atoms with Crippen molar-refractivity contribution in [3.63, 3.8) is 0 Å². The molecule has 1 aromatic rings. The molecule has 2 fully saturated rings. The van der Waals surface area contributed by atoms with Gasteiger partial charge in [0.2, 0.25) is 11.4 Å². The standard InChI is InChI=1S/C47H70O13/c1-16-28(2)26-29(3)22-23-34(49)55-39-38(50)46(25-24-30(4)36(54-32(6)48)31(5)27-33-20-18-17-19-21-33)56-37(41(52)58-44(10,11)12)35(40(51)57-43(7,8)9)47(39,60-46)42(53)59-45(13,14)15/h17-23,28-29,31,35-39,50H,4,16,24-27H2,1-3,5-15H3/b23-22+/t28-,29+,31+,35+,36+,37-,38+,39+,46-,47-/m0/s1. The largest absolute Gasteiger partial charge is 0.460 e. The van der Waals surface area contributed by atoms with Gasteiger partial charge < -0.3 is 38.3 Å². The summed E-state index contributed by atoms with van der Waals surface area (Å²) in [5.74, 6) is -9.13. The van der Waals surface area contributed by atoms with Gasteiger partial charge in [-0.05, 0) is 105 Å². The van der Waals surface area contributed by atoms with E-state index in [4.69, 9.17) is 33.2 Å². The molecule has 2 heterocycles. The van der Waals surface area contributed by atoms with Gasteiger partial charge in [-0.1, -0.05) is 77.1 Å². The van der Waals surface area contributed by atoms with Crippen LogP contribution in [0.3, 0.4) is 0 Å². The van der Waals surface area contributed by atoms with Crippen molar-refractivity contribution in [2.75, 3.05) is 0 Å². The molecule has 2 aliphatic rings. The maximum atomic E-state index is 14.9. The van der Waals surface area contributed by atoms with Crippen molar-refractivity contribution in [2.45, 2.75) is 182 Å². The fraction of sp³-hybridized carbons (Fsp3) is 0.681. The van der Waals surface area contributed by atoms with Crippen LogP contribution in [0.1, 0.15) is 128 Å². The third kappa shape index (κ3) is 13.2. The predicted molar refractivity (Wildman–Crippen MR) is 224 cm³/mol. The highest BCUT2D eigenvalue weighted by molar-refractivity contribution is 5.95. The molecule has 0 saturated carbocycles. The van der Waals surface area contributed by atoms with Gasteiger partial charge in [0.25, 0.3) is 0 Å². The average Bonchev–Trinajstić information content (AvgIpc) is 3.29. The number of benzene rings is 1. The first-order chi connectivity index (χ1) is 27.5. The van der Waals surface area contributed by atoms with Crippen molar-refractivity contribution in [1.82, 2.24) is 0 Å². The minimum Gasteiger partial charge on any atom is -0.460 e. The lowest BCUT2D eigenvalue weighted by Gasteiger charge is -2.47. The second kappa shape index (κ2) is 19.8. The maximum Gasteiger partial charge on any atom is 0.344 e. The van der Waals surface area contributed by atoms with Crippen molar-refractivity contribution in [3.8, 4) is 0 Å². The lowest BCUT2D eigenvalue weighted by atomic mass is 9.78. The predicted octanol–water partition coefficient (Wildman–Crippen LogP) is 7.54. The van der Waals surface area contributed by atoms with Crippen molar-refractivity contribution in [1.29, 1.82) is 0 Å². The summed E-state index contributed by atoms with van der Waals surface area (Å²) >= 11 is 0. The topological polar surface area (TPSA) is 170 Å². The number of rotatable bonds is 17. The van der Waals surface area contributed by atoms with E-state index in [-0.39, 0.29) is 24.7 Å². The van der Waals surface area contributed by atoms with Crippen molar-refractivity contribution in [2.24, 2.45) is 23.7 Å². The molecule has 1 aromatic carbocycles. The summed E-state index contributed by atoms with van der Waals surface area (Å²) < 4.78 is 42.4. The van der Waals surface area contributed by atoms with Crippen molar-refractivity contribution in [3.05, 3.63) is 60.2 Å². The van der Waals surface area contributed by atoms with E-state index in [9.17, 15) is 29.1 Å². The van der Waals surface area contributed by atoms with E-state index in [2.05, 4.69) is 20.4 Å². The van der Waals surface area contributed by atoms with Crippen LogP contribution in [0.25, 0.3) is 0 Å².